The number of anilines is 3. The van der Waals surface area contributed by atoms with Crippen LogP contribution in [0.3, 0.4) is 0 Å². The minimum Gasteiger partial charge on any atom is -0.380 e. The lowest BCUT2D eigenvalue weighted by Gasteiger charge is -2.38. The number of hydrogen-bond donors (Lipinski definition) is 4. The van der Waals surface area contributed by atoms with Crippen LogP contribution in [-0.2, 0) is 4.74 Å². The molecule has 1 saturated carbocycles. The Kier molecular flexibility index (Phi) is 8.60. The van der Waals surface area contributed by atoms with Gasteiger partial charge in [-0.05, 0) is 45.6 Å². The lowest BCUT2D eigenvalue weighted by atomic mass is 9.97. The third-order valence-electron chi connectivity index (χ3n) is 8.49. The number of nitrogens with zero attached hydrogens (tertiary/aromatic N) is 5. The summed E-state index contributed by atoms with van der Waals surface area (Å²) in [5.41, 5.74) is 2.36. The van der Waals surface area contributed by atoms with Gasteiger partial charge in [0.15, 0.2) is 11.5 Å². The molecule has 1 aromatic rings. The van der Waals surface area contributed by atoms with Crippen LogP contribution in [0.1, 0.15) is 52.7 Å². The van der Waals surface area contributed by atoms with Crippen LogP contribution < -0.4 is 26.3 Å². The molecule has 10 nitrogen and oxygen atoms in total. The molecule has 0 radical (unpaired) electrons. The number of piperidine rings is 1. The molecule has 1 aliphatic carbocycles. The van der Waals surface area contributed by atoms with Gasteiger partial charge in [-0.25, -0.2) is 4.98 Å². The van der Waals surface area contributed by atoms with Crippen molar-refractivity contribution in [2.75, 3.05) is 68.0 Å². The number of likely N-dealkylation sites (tertiary alicyclic amines) is 1. The first-order chi connectivity index (χ1) is 18.5. The molecular weight excluding hydrogens is 478 g/mol. The van der Waals surface area contributed by atoms with E-state index in [1.54, 1.807) is 0 Å². The van der Waals surface area contributed by atoms with Crippen molar-refractivity contribution in [2.24, 2.45) is 16.8 Å². The molecule has 2 saturated heterocycles. The number of piperazine rings is 1. The highest BCUT2D eigenvalue weighted by Gasteiger charge is 2.46. The second kappa shape index (κ2) is 12.1. The molecule has 1 aromatic heterocycles. The van der Waals surface area contributed by atoms with Crippen molar-refractivity contribution in [2.45, 2.75) is 65.1 Å². The molecule has 5 unspecified atom stereocenters. The van der Waals surface area contributed by atoms with E-state index in [-0.39, 0.29) is 0 Å². The van der Waals surface area contributed by atoms with Crippen LogP contribution >= 0.6 is 0 Å². The van der Waals surface area contributed by atoms with Crippen LogP contribution in [0.5, 0.6) is 0 Å². The number of nitrogens with two attached hydrogens (primary N) is 1. The van der Waals surface area contributed by atoms with Gasteiger partial charge >= 0.3 is 0 Å². The van der Waals surface area contributed by atoms with E-state index in [1.807, 2.05) is 6.92 Å². The minimum atomic E-state index is 0.365. The van der Waals surface area contributed by atoms with Gasteiger partial charge in [-0.2, -0.15) is 4.98 Å². The SMILES string of the molecule is CCOCCNc1c(NC2=NC3C(C)C3C=C2)nc(N2CCNCC2)nc1C(=[NH2+])CN1C(C)CCCC1C. The Morgan fingerprint density at radius 3 is 2.63 bits per heavy atom. The number of rotatable bonds is 10. The summed E-state index contributed by atoms with van der Waals surface area (Å²) in [6.07, 6.45) is 8.03. The highest BCUT2D eigenvalue weighted by atomic mass is 16.5. The highest BCUT2D eigenvalue weighted by Crippen LogP contribution is 2.44. The van der Waals surface area contributed by atoms with Gasteiger partial charge < -0.3 is 25.6 Å². The first kappa shape index (κ1) is 27.0. The highest BCUT2D eigenvalue weighted by molar-refractivity contribution is 6.09. The van der Waals surface area contributed by atoms with Gasteiger partial charge in [-0.1, -0.05) is 19.4 Å². The van der Waals surface area contributed by atoms with E-state index in [4.69, 9.17) is 25.1 Å². The average Bonchev–Trinajstić information content (AvgIpc) is 3.57. The molecule has 3 fully saturated rings. The molecule has 4 aliphatic rings. The molecule has 0 spiro atoms. The molecule has 5 atom stereocenters. The van der Waals surface area contributed by atoms with Gasteiger partial charge in [0, 0.05) is 57.3 Å². The lowest BCUT2D eigenvalue weighted by molar-refractivity contribution is -0.118. The number of fused-ring (bicyclic) bond motifs is 1. The van der Waals surface area contributed by atoms with Crippen LogP contribution in [0.15, 0.2) is 17.1 Å². The monoisotopic (exact) mass is 524 g/mol. The Morgan fingerprint density at radius 1 is 1.16 bits per heavy atom. The third-order valence-corrected chi connectivity index (χ3v) is 8.49. The van der Waals surface area contributed by atoms with Crippen LogP contribution in [0.25, 0.3) is 0 Å². The summed E-state index contributed by atoms with van der Waals surface area (Å²) < 4.78 is 5.63. The zero-order chi connectivity index (χ0) is 26.6. The zero-order valence-electron chi connectivity index (χ0n) is 23.5. The fourth-order valence-corrected chi connectivity index (χ4v) is 5.96. The summed E-state index contributed by atoms with van der Waals surface area (Å²) in [4.78, 5) is 19.8. The molecule has 208 valence electrons. The summed E-state index contributed by atoms with van der Waals surface area (Å²) in [5, 5.41) is 17.5. The molecule has 0 amide bonds. The normalized spacial score (nSPS) is 29.0. The van der Waals surface area contributed by atoms with Gasteiger partial charge in [0.1, 0.15) is 11.5 Å². The van der Waals surface area contributed by atoms with Crippen molar-refractivity contribution < 1.29 is 10.1 Å². The van der Waals surface area contributed by atoms with Crippen molar-refractivity contribution in [3.8, 4) is 0 Å². The molecule has 38 heavy (non-hydrogen) atoms. The van der Waals surface area contributed by atoms with Crippen molar-refractivity contribution in [3.05, 3.63) is 17.8 Å². The fraction of sp³-hybridized carbons (Fsp3) is 0.714. The predicted octanol–water partition coefficient (Wildman–Crippen LogP) is 1.16. The topological polar surface area (TPSA) is 116 Å². The van der Waals surface area contributed by atoms with Crippen molar-refractivity contribution in [1.29, 1.82) is 0 Å². The predicted molar refractivity (Wildman–Crippen MR) is 154 cm³/mol. The molecule has 10 heteroatoms. The van der Waals surface area contributed by atoms with Crippen molar-refractivity contribution in [3.63, 3.8) is 0 Å². The van der Waals surface area contributed by atoms with Gasteiger partial charge in [-0.15, -0.1) is 0 Å². The Labute approximate surface area is 227 Å². The smallest absolute Gasteiger partial charge is 0.228 e. The van der Waals surface area contributed by atoms with Crippen molar-refractivity contribution >= 4 is 29.0 Å². The van der Waals surface area contributed by atoms with Crippen LogP contribution in [0.2, 0.25) is 0 Å². The summed E-state index contributed by atoms with van der Waals surface area (Å²) in [5.74, 6) is 3.44. The van der Waals surface area contributed by atoms with E-state index in [2.05, 4.69) is 58.7 Å². The first-order valence-electron chi connectivity index (χ1n) is 14.6. The molecule has 0 aromatic carbocycles. The average molecular weight is 525 g/mol. The summed E-state index contributed by atoms with van der Waals surface area (Å²) >= 11 is 0. The Morgan fingerprint density at radius 2 is 1.92 bits per heavy atom. The lowest BCUT2D eigenvalue weighted by Crippen LogP contribution is -2.54. The van der Waals surface area contributed by atoms with Crippen LogP contribution in [-0.4, -0.2) is 97.0 Å². The van der Waals surface area contributed by atoms with E-state index in [0.717, 1.165) is 54.9 Å². The Hall–Kier alpha value is -2.56. The molecule has 0 bridgehead atoms. The molecule has 4 heterocycles. The number of hydrogen-bond acceptors (Lipinski definition) is 9. The third kappa shape index (κ3) is 6.02. The van der Waals surface area contributed by atoms with Gasteiger partial charge in [0.05, 0.1) is 19.2 Å². The van der Waals surface area contributed by atoms with E-state index in [1.165, 1.54) is 19.3 Å². The first-order valence-corrected chi connectivity index (χ1v) is 14.6. The van der Waals surface area contributed by atoms with E-state index in [9.17, 15) is 0 Å². The maximum atomic E-state index is 6.94. The van der Waals surface area contributed by atoms with Gasteiger partial charge in [0.25, 0.3) is 0 Å². The molecule has 3 aliphatic heterocycles. The number of dihydropyridines is 1. The Bertz CT molecular complexity index is 1040. The number of aliphatic imine (C=N–C) groups is 1. The van der Waals surface area contributed by atoms with E-state index >= 15 is 0 Å². The van der Waals surface area contributed by atoms with Gasteiger partial charge in [-0.3, -0.25) is 15.3 Å². The van der Waals surface area contributed by atoms with Crippen molar-refractivity contribution in [1.82, 2.24) is 20.2 Å². The second-order valence-electron chi connectivity index (χ2n) is 11.2. The summed E-state index contributed by atoms with van der Waals surface area (Å²) in [7, 11) is 0. The number of nitrogens with one attached hydrogen (secondary N) is 3. The summed E-state index contributed by atoms with van der Waals surface area (Å²) in [6, 6.07) is 1.35. The standard InChI is InChI=1S/C28H45N9O/c1-5-38-16-13-31-26-25(22(29)17-37-18(2)7-6-8-19(37)3)34-28(36-14-11-30-12-15-36)35-27(26)33-23-10-9-21-20(4)24(21)32-23/h9-10,18-21,24,29-31H,5-8,11-17H2,1-4H3,(H,32,33,34,35)/p+1. The second-order valence-corrected chi connectivity index (χ2v) is 11.2. The maximum Gasteiger partial charge on any atom is 0.228 e. The van der Waals surface area contributed by atoms with E-state index < -0.39 is 0 Å². The van der Waals surface area contributed by atoms with Crippen LogP contribution in [0.4, 0.5) is 17.5 Å². The molecule has 5 N–H and O–H groups in total. The van der Waals surface area contributed by atoms with Crippen LogP contribution in [0, 0.1) is 11.8 Å². The van der Waals surface area contributed by atoms with E-state index in [0.29, 0.717) is 62.2 Å². The fourth-order valence-electron chi connectivity index (χ4n) is 5.96. The zero-order valence-corrected chi connectivity index (χ0v) is 23.5. The minimum absolute atomic E-state index is 0.365. The number of ether oxygens (including phenoxy) is 1. The summed E-state index contributed by atoms with van der Waals surface area (Å²) in [6.45, 7) is 15.0. The quantitative estimate of drug-likeness (QED) is 0.266. The van der Waals surface area contributed by atoms with Gasteiger partial charge in [0.2, 0.25) is 11.7 Å². The molecule has 5 rings (SSSR count). The Balaban J connectivity index is 1.49. The number of aromatic nitrogens is 2. The number of amidine groups is 1. The molecular formula is C28H46N9O+. The maximum absolute atomic E-state index is 6.94. The largest absolute Gasteiger partial charge is 0.380 e.